The summed E-state index contributed by atoms with van der Waals surface area (Å²) >= 11 is 0. The van der Waals surface area contributed by atoms with Crippen LogP contribution in [0.2, 0.25) is 0 Å². The second kappa shape index (κ2) is 7.29. The second-order valence-corrected chi connectivity index (χ2v) is 5.08. The van der Waals surface area contributed by atoms with Crippen LogP contribution in [0.4, 0.5) is 4.79 Å². The minimum atomic E-state index is -0.548. The number of aromatic nitrogens is 1. The van der Waals surface area contributed by atoms with Crippen molar-refractivity contribution >= 4 is 12.1 Å². The lowest BCUT2D eigenvalue weighted by Crippen LogP contribution is -2.32. The van der Waals surface area contributed by atoms with E-state index in [0.717, 1.165) is 0 Å². The third kappa shape index (κ3) is 6.43. The highest BCUT2D eigenvalue weighted by Crippen LogP contribution is 2.06. The monoisotopic (exact) mass is 290 g/mol. The van der Waals surface area contributed by atoms with Gasteiger partial charge in [0.05, 0.1) is 19.2 Å². The summed E-state index contributed by atoms with van der Waals surface area (Å²) in [6.07, 6.45) is 0.936. The Morgan fingerprint density at radius 2 is 2.10 bits per heavy atom. The fourth-order valence-electron chi connectivity index (χ4n) is 1.31. The van der Waals surface area contributed by atoms with Crippen molar-refractivity contribution in [3.05, 3.63) is 29.6 Å². The van der Waals surface area contributed by atoms with Gasteiger partial charge in [-0.25, -0.2) is 14.6 Å². The van der Waals surface area contributed by atoms with Gasteiger partial charge >= 0.3 is 12.1 Å². The molecular weight excluding hydrogens is 272 g/mol. The summed E-state index contributed by atoms with van der Waals surface area (Å²) in [6, 6.07) is 3.06. The van der Waals surface area contributed by atoms with Crippen LogP contribution in [0, 0.1) is 11.8 Å². The van der Waals surface area contributed by atoms with Crippen molar-refractivity contribution in [2.24, 2.45) is 0 Å². The van der Waals surface area contributed by atoms with E-state index in [0.29, 0.717) is 11.3 Å². The van der Waals surface area contributed by atoms with Gasteiger partial charge < -0.3 is 14.8 Å². The number of carbonyl (C=O) groups excluding carboxylic acids is 2. The molecule has 0 radical (unpaired) electrons. The first-order valence-corrected chi connectivity index (χ1v) is 6.32. The van der Waals surface area contributed by atoms with Gasteiger partial charge in [-0.2, -0.15) is 0 Å². The fraction of sp³-hybridized carbons (Fsp3) is 0.400. The molecule has 1 aromatic rings. The van der Waals surface area contributed by atoms with Crippen LogP contribution in [0.5, 0.6) is 0 Å². The summed E-state index contributed by atoms with van der Waals surface area (Å²) in [5.74, 6) is 5.02. The van der Waals surface area contributed by atoms with E-state index in [1.165, 1.54) is 25.4 Å². The van der Waals surface area contributed by atoms with Crippen LogP contribution in [-0.4, -0.2) is 36.3 Å². The number of rotatable bonds is 2. The molecule has 0 saturated heterocycles. The molecule has 0 aliphatic carbocycles. The first-order valence-electron chi connectivity index (χ1n) is 6.32. The van der Waals surface area contributed by atoms with E-state index in [1.54, 1.807) is 20.8 Å². The zero-order valence-corrected chi connectivity index (χ0v) is 12.5. The standard InChI is InChI=1S/C15H18N2O4/c1-15(2,3)21-14(19)17-8-5-6-12-10-11(7-9-16-12)13(18)20-4/h7,9-10H,8H2,1-4H3,(H,17,19). The van der Waals surface area contributed by atoms with Crippen LogP contribution >= 0.6 is 0 Å². The number of pyridine rings is 1. The lowest BCUT2D eigenvalue weighted by Gasteiger charge is -2.18. The van der Waals surface area contributed by atoms with Gasteiger partial charge in [-0.05, 0) is 38.8 Å². The summed E-state index contributed by atoms with van der Waals surface area (Å²) in [7, 11) is 1.30. The van der Waals surface area contributed by atoms with E-state index in [1.807, 2.05) is 0 Å². The molecule has 0 saturated carbocycles. The molecule has 0 aromatic carbocycles. The predicted molar refractivity (Wildman–Crippen MR) is 76.7 cm³/mol. The molecule has 0 unspecified atom stereocenters. The van der Waals surface area contributed by atoms with Crippen LogP contribution in [0.3, 0.4) is 0 Å². The maximum atomic E-state index is 11.4. The summed E-state index contributed by atoms with van der Waals surface area (Å²) < 4.78 is 9.67. The molecule has 112 valence electrons. The molecule has 1 rings (SSSR count). The Bertz CT molecular complexity index is 579. The molecule has 0 fully saturated rings. The molecule has 0 bridgehead atoms. The zero-order valence-electron chi connectivity index (χ0n) is 12.5. The molecule has 21 heavy (non-hydrogen) atoms. The normalized spacial score (nSPS) is 10.1. The zero-order chi connectivity index (χ0) is 15.9. The van der Waals surface area contributed by atoms with Gasteiger partial charge in [0.25, 0.3) is 0 Å². The van der Waals surface area contributed by atoms with Crippen LogP contribution in [0.15, 0.2) is 18.3 Å². The Balaban J connectivity index is 2.56. The number of carbonyl (C=O) groups is 2. The number of methoxy groups -OCH3 is 1. The Hall–Kier alpha value is -2.55. The second-order valence-electron chi connectivity index (χ2n) is 5.08. The van der Waals surface area contributed by atoms with Crippen molar-refractivity contribution in [1.82, 2.24) is 10.3 Å². The van der Waals surface area contributed by atoms with Gasteiger partial charge in [-0.3, -0.25) is 0 Å². The number of hydrogen-bond donors (Lipinski definition) is 1. The molecule has 6 nitrogen and oxygen atoms in total. The molecule has 0 aliphatic heterocycles. The average molecular weight is 290 g/mol. The van der Waals surface area contributed by atoms with E-state index in [4.69, 9.17) is 4.74 Å². The summed E-state index contributed by atoms with van der Waals surface area (Å²) in [6.45, 7) is 5.46. The van der Waals surface area contributed by atoms with Crippen molar-refractivity contribution in [3.63, 3.8) is 0 Å². The van der Waals surface area contributed by atoms with Gasteiger partial charge in [0, 0.05) is 6.20 Å². The molecule has 1 heterocycles. The lowest BCUT2D eigenvalue weighted by molar-refractivity contribution is 0.0533. The minimum Gasteiger partial charge on any atom is -0.465 e. The smallest absolute Gasteiger partial charge is 0.408 e. The molecule has 1 amide bonds. The predicted octanol–water partition coefficient (Wildman–Crippen LogP) is 1.74. The van der Waals surface area contributed by atoms with Crippen molar-refractivity contribution in [3.8, 4) is 11.8 Å². The number of nitrogens with zero attached hydrogens (tertiary/aromatic N) is 1. The van der Waals surface area contributed by atoms with Gasteiger partial charge in [0.15, 0.2) is 0 Å². The maximum Gasteiger partial charge on any atom is 0.408 e. The summed E-state index contributed by atoms with van der Waals surface area (Å²) in [4.78, 5) is 26.7. The van der Waals surface area contributed by atoms with Crippen molar-refractivity contribution in [2.75, 3.05) is 13.7 Å². The lowest BCUT2D eigenvalue weighted by atomic mass is 10.2. The molecule has 1 N–H and O–H groups in total. The Kier molecular flexibility index (Phi) is 5.73. The van der Waals surface area contributed by atoms with Gasteiger partial charge in [0.1, 0.15) is 11.3 Å². The first-order chi connectivity index (χ1) is 9.81. The summed E-state index contributed by atoms with van der Waals surface area (Å²) in [5.41, 5.74) is 0.245. The van der Waals surface area contributed by atoms with E-state index < -0.39 is 17.7 Å². The average Bonchev–Trinajstić information content (AvgIpc) is 2.41. The van der Waals surface area contributed by atoms with Crippen molar-refractivity contribution < 1.29 is 19.1 Å². The highest BCUT2D eigenvalue weighted by atomic mass is 16.6. The molecule has 0 atom stereocenters. The number of nitrogens with one attached hydrogen (secondary N) is 1. The van der Waals surface area contributed by atoms with Crippen molar-refractivity contribution in [1.29, 1.82) is 0 Å². The van der Waals surface area contributed by atoms with Gasteiger partial charge in [-0.1, -0.05) is 5.92 Å². The highest BCUT2D eigenvalue weighted by molar-refractivity contribution is 5.89. The maximum absolute atomic E-state index is 11.4. The number of hydrogen-bond acceptors (Lipinski definition) is 5. The van der Waals surface area contributed by atoms with E-state index >= 15 is 0 Å². The van der Waals surface area contributed by atoms with Crippen LogP contribution in [-0.2, 0) is 9.47 Å². The largest absolute Gasteiger partial charge is 0.465 e. The quantitative estimate of drug-likeness (QED) is 0.663. The molecule has 0 aliphatic rings. The Morgan fingerprint density at radius 1 is 1.38 bits per heavy atom. The molecule has 6 heteroatoms. The Morgan fingerprint density at radius 3 is 2.71 bits per heavy atom. The van der Waals surface area contributed by atoms with Crippen LogP contribution < -0.4 is 5.32 Å². The number of amides is 1. The molecule has 1 aromatic heterocycles. The van der Waals surface area contributed by atoms with E-state index in [-0.39, 0.29) is 6.54 Å². The first kappa shape index (κ1) is 16.5. The Labute approximate surface area is 123 Å². The number of ether oxygens (including phenoxy) is 2. The summed E-state index contributed by atoms with van der Waals surface area (Å²) in [5, 5.41) is 2.50. The van der Waals surface area contributed by atoms with Gasteiger partial charge in [0.2, 0.25) is 0 Å². The van der Waals surface area contributed by atoms with Gasteiger partial charge in [-0.15, -0.1) is 0 Å². The molecular formula is C15H18N2O4. The topological polar surface area (TPSA) is 77.5 Å². The third-order valence-corrected chi connectivity index (χ3v) is 2.12. The van der Waals surface area contributed by atoms with E-state index in [2.05, 4.69) is 26.9 Å². The number of alkyl carbamates (subject to hydrolysis) is 1. The van der Waals surface area contributed by atoms with Crippen LogP contribution in [0.25, 0.3) is 0 Å². The van der Waals surface area contributed by atoms with E-state index in [9.17, 15) is 9.59 Å². The third-order valence-electron chi connectivity index (χ3n) is 2.12. The number of esters is 1. The fourth-order valence-corrected chi connectivity index (χ4v) is 1.31. The molecule has 0 spiro atoms. The SMILES string of the molecule is COC(=O)c1ccnc(C#CCNC(=O)OC(C)(C)C)c1. The van der Waals surface area contributed by atoms with Crippen LogP contribution in [0.1, 0.15) is 36.8 Å². The highest BCUT2D eigenvalue weighted by Gasteiger charge is 2.15. The van der Waals surface area contributed by atoms with Crippen molar-refractivity contribution in [2.45, 2.75) is 26.4 Å². The minimum absolute atomic E-state index is 0.124.